The van der Waals surface area contributed by atoms with Crippen LogP contribution in [0, 0.1) is 17.8 Å². The highest BCUT2D eigenvalue weighted by Crippen LogP contribution is 2.51. The summed E-state index contributed by atoms with van der Waals surface area (Å²) in [4.78, 5) is 38.8. The quantitative estimate of drug-likeness (QED) is 0.387. The third kappa shape index (κ3) is 4.42. The third-order valence-corrected chi connectivity index (χ3v) is 7.20. The Bertz CT molecular complexity index is 1050. The summed E-state index contributed by atoms with van der Waals surface area (Å²) in [6.07, 6.45) is 3.36. The van der Waals surface area contributed by atoms with Crippen molar-refractivity contribution in [3.63, 3.8) is 0 Å². The van der Waals surface area contributed by atoms with E-state index in [1.54, 1.807) is 12.1 Å². The van der Waals surface area contributed by atoms with Gasteiger partial charge < -0.3 is 19.5 Å². The summed E-state index contributed by atoms with van der Waals surface area (Å²) in [7, 11) is 0.0981. The fourth-order valence-electron chi connectivity index (χ4n) is 5.66. The molecule has 180 valence electrons. The van der Waals surface area contributed by atoms with Crippen LogP contribution in [0.3, 0.4) is 0 Å². The van der Waals surface area contributed by atoms with E-state index in [9.17, 15) is 24.5 Å². The van der Waals surface area contributed by atoms with E-state index in [1.165, 1.54) is 0 Å². The van der Waals surface area contributed by atoms with Crippen LogP contribution in [0.1, 0.15) is 45.1 Å². The zero-order valence-electron chi connectivity index (χ0n) is 19.7. The molecule has 9 heteroatoms. The standard InChI is InChI=1S/C25H30BNO7/c1-4-16-12-18-22(24(30)27(23(18)29)25(31)33-3)19-13-26(32)34-20(21(16)19)10-5-14(2)11-15-6-8-17(28)9-7-15/h6-9,11,18-20,22,28,32H,4-5,10,12-13H2,1-3H3/b14-11+/t18-,19+,20-,22-/m1/s1. The molecule has 2 heterocycles. The Labute approximate surface area is 199 Å². The molecule has 0 unspecified atom stereocenters. The van der Waals surface area contributed by atoms with Gasteiger partial charge in [-0.05, 0) is 68.1 Å². The molecule has 2 saturated heterocycles. The summed E-state index contributed by atoms with van der Waals surface area (Å²) in [5.74, 6) is -2.50. The maximum atomic E-state index is 13.1. The zero-order chi connectivity index (χ0) is 24.6. The number of likely N-dealkylation sites (tertiary alicyclic amines) is 1. The average Bonchev–Trinajstić information content (AvgIpc) is 3.07. The number of allylic oxidation sites excluding steroid dienone is 2. The Kier molecular flexibility index (Phi) is 6.95. The second-order valence-corrected chi connectivity index (χ2v) is 9.27. The Morgan fingerprint density at radius 1 is 1.24 bits per heavy atom. The number of fused-ring (bicyclic) bond motifs is 3. The highest BCUT2D eigenvalue weighted by Gasteiger charge is 2.58. The number of carbonyl (C=O) groups excluding carboxylic acids is 3. The van der Waals surface area contributed by atoms with Crippen LogP contribution in [-0.4, -0.2) is 53.3 Å². The van der Waals surface area contributed by atoms with Crippen LogP contribution in [0.2, 0.25) is 6.32 Å². The summed E-state index contributed by atoms with van der Waals surface area (Å²) in [6.45, 7) is 4.03. The van der Waals surface area contributed by atoms with Crippen molar-refractivity contribution >= 4 is 31.1 Å². The van der Waals surface area contributed by atoms with E-state index >= 15 is 0 Å². The lowest BCUT2D eigenvalue weighted by Gasteiger charge is -2.43. The molecule has 8 nitrogen and oxygen atoms in total. The number of amides is 3. The molecule has 2 N–H and O–H groups in total. The van der Waals surface area contributed by atoms with E-state index in [1.807, 2.05) is 32.1 Å². The molecule has 3 aliphatic rings. The summed E-state index contributed by atoms with van der Waals surface area (Å²) >= 11 is 0. The highest BCUT2D eigenvalue weighted by molar-refractivity contribution is 6.43. The molecule has 0 aromatic heterocycles. The number of carbonyl (C=O) groups is 3. The number of methoxy groups -OCH3 is 1. The van der Waals surface area contributed by atoms with Crippen molar-refractivity contribution in [2.75, 3.05) is 7.11 Å². The van der Waals surface area contributed by atoms with E-state index in [0.29, 0.717) is 30.6 Å². The first-order valence-corrected chi connectivity index (χ1v) is 11.7. The van der Waals surface area contributed by atoms with Gasteiger partial charge in [0.25, 0.3) is 0 Å². The van der Waals surface area contributed by atoms with Gasteiger partial charge in [0.2, 0.25) is 11.8 Å². The van der Waals surface area contributed by atoms with Gasteiger partial charge in [-0.25, -0.2) is 4.79 Å². The average molecular weight is 467 g/mol. The van der Waals surface area contributed by atoms with E-state index in [2.05, 4.69) is 4.74 Å². The first-order chi connectivity index (χ1) is 16.2. The largest absolute Gasteiger partial charge is 0.508 e. The minimum atomic E-state index is -1.05. The molecule has 0 radical (unpaired) electrons. The van der Waals surface area contributed by atoms with Gasteiger partial charge in [0, 0.05) is 0 Å². The van der Waals surface area contributed by atoms with Gasteiger partial charge in [0.15, 0.2) is 0 Å². The van der Waals surface area contributed by atoms with Crippen LogP contribution in [0.25, 0.3) is 6.08 Å². The van der Waals surface area contributed by atoms with E-state index in [4.69, 9.17) is 4.65 Å². The molecule has 1 aromatic carbocycles. The molecule has 4 atom stereocenters. The lowest BCUT2D eigenvalue weighted by molar-refractivity contribution is -0.137. The highest BCUT2D eigenvalue weighted by atomic mass is 16.5. The summed E-state index contributed by atoms with van der Waals surface area (Å²) < 4.78 is 10.6. The van der Waals surface area contributed by atoms with Crippen LogP contribution in [0.15, 0.2) is 41.0 Å². The number of hydrogen-bond acceptors (Lipinski definition) is 7. The van der Waals surface area contributed by atoms with Crippen molar-refractivity contribution in [1.29, 1.82) is 0 Å². The van der Waals surface area contributed by atoms with Crippen molar-refractivity contribution in [3.8, 4) is 5.75 Å². The van der Waals surface area contributed by atoms with Gasteiger partial charge in [0.05, 0.1) is 25.0 Å². The van der Waals surface area contributed by atoms with Gasteiger partial charge in [-0.1, -0.05) is 36.3 Å². The second-order valence-electron chi connectivity index (χ2n) is 9.27. The number of hydrogen-bond donors (Lipinski definition) is 2. The Hall–Kier alpha value is -2.91. The minimum absolute atomic E-state index is 0.214. The van der Waals surface area contributed by atoms with Gasteiger partial charge in [-0.3, -0.25) is 9.59 Å². The normalized spacial score (nSPS) is 27.1. The second kappa shape index (κ2) is 9.76. The van der Waals surface area contributed by atoms with Crippen molar-refractivity contribution in [2.24, 2.45) is 17.8 Å². The number of ether oxygens (including phenoxy) is 1. The molecule has 1 aliphatic carbocycles. The number of rotatable bonds is 5. The number of aromatic hydroxyl groups is 1. The summed E-state index contributed by atoms with van der Waals surface area (Å²) in [5.41, 5.74) is 4.16. The summed E-state index contributed by atoms with van der Waals surface area (Å²) in [6, 6.07) is 6.95. The van der Waals surface area contributed by atoms with Crippen LogP contribution in [0.5, 0.6) is 5.75 Å². The first-order valence-electron chi connectivity index (χ1n) is 11.7. The molecule has 3 amide bonds. The van der Waals surface area contributed by atoms with Gasteiger partial charge >= 0.3 is 13.2 Å². The van der Waals surface area contributed by atoms with Gasteiger partial charge in [0.1, 0.15) is 5.75 Å². The molecular weight excluding hydrogens is 437 g/mol. The lowest BCUT2D eigenvalue weighted by atomic mass is 9.58. The van der Waals surface area contributed by atoms with Crippen LogP contribution >= 0.6 is 0 Å². The van der Waals surface area contributed by atoms with Crippen molar-refractivity contribution in [3.05, 3.63) is 46.5 Å². The monoisotopic (exact) mass is 467 g/mol. The first kappa shape index (κ1) is 24.2. The predicted octanol–water partition coefficient (Wildman–Crippen LogP) is 3.55. The fraction of sp³-hybridized carbons (Fsp3) is 0.480. The molecule has 1 aromatic rings. The number of benzene rings is 1. The molecule has 0 bridgehead atoms. The maximum absolute atomic E-state index is 13.1. The molecule has 0 saturated carbocycles. The number of imide groups is 3. The fourth-order valence-corrected chi connectivity index (χ4v) is 5.66. The Balaban J connectivity index is 1.58. The molecule has 0 spiro atoms. The van der Waals surface area contributed by atoms with Crippen molar-refractivity contribution < 1.29 is 33.9 Å². The van der Waals surface area contributed by atoms with Crippen LogP contribution in [-0.2, 0) is 19.0 Å². The van der Waals surface area contributed by atoms with Crippen molar-refractivity contribution in [1.82, 2.24) is 4.90 Å². The number of nitrogens with zero attached hydrogens (tertiary/aromatic N) is 1. The zero-order valence-corrected chi connectivity index (χ0v) is 19.7. The van der Waals surface area contributed by atoms with Crippen LogP contribution in [0.4, 0.5) is 4.79 Å². The number of phenolic OH excluding ortho intramolecular Hbond substituents is 1. The Morgan fingerprint density at radius 2 is 1.94 bits per heavy atom. The van der Waals surface area contributed by atoms with Crippen molar-refractivity contribution in [2.45, 2.75) is 52.0 Å². The van der Waals surface area contributed by atoms with Gasteiger partial charge in [-0.2, -0.15) is 4.90 Å². The Morgan fingerprint density at radius 3 is 2.59 bits per heavy atom. The summed E-state index contributed by atoms with van der Waals surface area (Å²) in [5, 5.41) is 20.0. The van der Waals surface area contributed by atoms with Gasteiger partial charge in [-0.15, -0.1) is 0 Å². The van der Waals surface area contributed by atoms with E-state index in [-0.39, 0.29) is 24.1 Å². The molecule has 4 rings (SSSR count). The molecule has 2 aliphatic heterocycles. The number of phenols is 1. The lowest BCUT2D eigenvalue weighted by Crippen LogP contribution is -2.46. The maximum Gasteiger partial charge on any atom is 0.455 e. The van der Waals surface area contributed by atoms with E-state index in [0.717, 1.165) is 29.4 Å². The molecule has 2 fully saturated rings. The third-order valence-electron chi connectivity index (χ3n) is 7.20. The smallest absolute Gasteiger partial charge is 0.455 e. The topological polar surface area (TPSA) is 113 Å². The predicted molar refractivity (Wildman–Crippen MR) is 125 cm³/mol. The molecule has 34 heavy (non-hydrogen) atoms. The molecular formula is C25H30BNO7. The van der Waals surface area contributed by atoms with E-state index < -0.39 is 36.9 Å². The SMILES string of the molecule is CCC1=C2[C@@H](CC/C(C)=C/c3ccc(O)cc3)OB(O)C[C@@H]2[C@@H]2C(=O)N(C(=O)OC)C(=O)[C@@H]2C1. The minimum Gasteiger partial charge on any atom is -0.508 e. The van der Waals surface area contributed by atoms with Crippen LogP contribution < -0.4 is 0 Å².